The molecule has 0 aliphatic heterocycles. The maximum Gasteiger partial charge on any atom is 0.175 e. The molecule has 6 nitrogen and oxygen atoms in total. The van der Waals surface area contributed by atoms with Crippen molar-refractivity contribution in [3.05, 3.63) is 83.6 Å². The van der Waals surface area contributed by atoms with Gasteiger partial charge < -0.3 is 9.73 Å². The Bertz CT molecular complexity index is 1560. The zero-order valence-electron chi connectivity index (χ0n) is 19.5. The average molecular weight is 504 g/mol. The molecule has 0 radical (unpaired) electrons. The van der Waals surface area contributed by atoms with Crippen LogP contribution in [0.15, 0.2) is 82.5 Å². The van der Waals surface area contributed by atoms with Gasteiger partial charge in [-0.05, 0) is 60.7 Å². The molecule has 2 aromatic carbocycles. The van der Waals surface area contributed by atoms with Crippen molar-refractivity contribution in [2.45, 2.75) is 24.7 Å². The summed E-state index contributed by atoms with van der Waals surface area (Å²) < 4.78 is 28.5. The van der Waals surface area contributed by atoms with Gasteiger partial charge in [0.1, 0.15) is 16.9 Å². The molecular weight excluding hydrogens is 478 g/mol. The molecule has 0 atom stereocenters. The normalized spacial score (nSPS) is 11.7. The standard InChI is InChI=1S/C27H25N3O3S2/c1-18-16-24-26(29-25(30-27(24)34-18)22-13-15-33-17-22)28-14-3-4-19-5-7-20(8-6-19)21-9-11-23(12-10-21)35(2,31)32/h5-13,15-17H,3-4,14H2,1-2H3,(H,28,29,30). The third-order valence-corrected chi connectivity index (χ3v) is 7.87. The summed E-state index contributed by atoms with van der Waals surface area (Å²) in [5.74, 6) is 1.51. The van der Waals surface area contributed by atoms with E-state index in [9.17, 15) is 8.42 Å². The minimum Gasteiger partial charge on any atom is -0.472 e. The number of anilines is 1. The zero-order valence-corrected chi connectivity index (χ0v) is 21.1. The maximum atomic E-state index is 11.7. The van der Waals surface area contributed by atoms with Crippen LogP contribution >= 0.6 is 11.3 Å². The van der Waals surface area contributed by atoms with Crippen LogP contribution in [0, 0.1) is 6.92 Å². The highest BCUT2D eigenvalue weighted by molar-refractivity contribution is 7.90. The van der Waals surface area contributed by atoms with Crippen molar-refractivity contribution in [1.82, 2.24) is 9.97 Å². The third-order valence-electron chi connectivity index (χ3n) is 5.80. The molecule has 0 aliphatic rings. The fraction of sp³-hybridized carbons (Fsp3) is 0.185. The van der Waals surface area contributed by atoms with Gasteiger partial charge in [0.25, 0.3) is 0 Å². The number of aryl methyl sites for hydroxylation is 2. The first-order chi connectivity index (χ1) is 16.9. The summed E-state index contributed by atoms with van der Waals surface area (Å²) in [6.07, 6.45) is 6.41. The van der Waals surface area contributed by atoms with Crippen LogP contribution in [-0.2, 0) is 16.3 Å². The first kappa shape index (κ1) is 23.3. The average Bonchev–Trinajstić information content (AvgIpc) is 3.51. The second-order valence-electron chi connectivity index (χ2n) is 8.51. The molecule has 0 amide bonds. The molecule has 0 spiro atoms. The molecule has 178 valence electrons. The van der Waals surface area contributed by atoms with Crippen LogP contribution in [0.5, 0.6) is 0 Å². The van der Waals surface area contributed by atoms with Crippen LogP contribution < -0.4 is 5.32 Å². The summed E-state index contributed by atoms with van der Waals surface area (Å²) in [6.45, 7) is 2.87. The maximum absolute atomic E-state index is 11.7. The molecule has 0 bridgehead atoms. The molecule has 8 heteroatoms. The van der Waals surface area contributed by atoms with E-state index in [1.54, 1.807) is 36.0 Å². The van der Waals surface area contributed by atoms with Crippen LogP contribution in [-0.4, -0.2) is 31.2 Å². The molecule has 0 saturated carbocycles. The number of aromatic nitrogens is 2. The zero-order chi connectivity index (χ0) is 24.4. The van der Waals surface area contributed by atoms with Crippen LogP contribution in [0.4, 0.5) is 5.82 Å². The minimum atomic E-state index is -3.18. The number of rotatable bonds is 8. The van der Waals surface area contributed by atoms with E-state index in [0.29, 0.717) is 10.7 Å². The van der Waals surface area contributed by atoms with Crippen LogP contribution in [0.25, 0.3) is 32.7 Å². The summed E-state index contributed by atoms with van der Waals surface area (Å²) in [5, 5.41) is 4.55. The number of thiophene rings is 1. The predicted octanol–water partition coefficient (Wildman–Crippen LogP) is 6.37. The molecule has 0 fully saturated rings. The van der Waals surface area contributed by atoms with Crippen molar-refractivity contribution in [2.24, 2.45) is 0 Å². The summed E-state index contributed by atoms with van der Waals surface area (Å²) >= 11 is 1.66. The van der Waals surface area contributed by atoms with E-state index in [-0.39, 0.29) is 0 Å². The second-order valence-corrected chi connectivity index (χ2v) is 11.8. The van der Waals surface area contributed by atoms with Crippen LogP contribution in [0.1, 0.15) is 16.9 Å². The molecule has 0 unspecified atom stereocenters. The second kappa shape index (κ2) is 9.64. The van der Waals surface area contributed by atoms with Gasteiger partial charge in [0, 0.05) is 17.7 Å². The molecule has 3 heterocycles. The highest BCUT2D eigenvalue weighted by atomic mass is 32.2. The van der Waals surface area contributed by atoms with Crippen LogP contribution in [0.3, 0.4) is 0 Å². The van der Waals surface area contributed by atoms with Gasteiger partial charge in [-0.3, -0.25) is 0 Å². The summed E-state index contributed by atoms with van der Waals surface area (Å²) in [5.41, 5.74) is 4.18. The molecule has 35 heavy (non-hydrogen) atoms. The lowest BCUT2D eigenvalue weighted by molar-refractivity contribution is 0.568. The Hall–Kier alpha value is -3.49. The van der Waals surface area contributed by atoms with E-state index in [1.807, 2.05) is 18.2 Å². The number of nitrogens with zero attached hydrogens (tertiary/aromatic N) is 2. The Morgan fingerprint density at radius 1 is 0.943 bits per heavy atom. The van der Waals surface area contributed by atoms with Gasteiger partial charge in [0.15, 0.2) is 15.7 Å². The summed E-state index contributed by atoms with van der Waals surface area (Å²) in [4.78, 5) is 12.0. The van der Waals surface area contributed by atoms with Crippen molar-refractivity contribution in [2.75, 3.05) is 18.1 Å². The number of sulfone groups is 1. The van der Waals surface area contributed by atoms with Gasteiger partial charge >= 0.3 is 0 Å². The van der Waals surface area contributed by atoms with E-state index in [4.69, 9.17) is 14.4 Å². The topological polar surface area (TPSA) is 85.1 Å². The molecule has 1 N–H and O–H groups in total. The van der Waals surface area contributed by atoms with Gasteiger partial charge in [0.2, 0.25) is 0 Å². The first-order valence-corrected chi connectivity index (χ1v) is 14.0. The molecule has 5 aromatic rings. The van der Waals surface area contributed by atoms with E-state index < -0.39 is 9.84 Å². The monoisotopic (exact) mass is 503 g/mol. The lowest BCUT2D eigenvalue weighted by Gasteiger charge is -2.09. The highest BCUT2D eigenvalue weighted by Gasteiger charge is 2.12. The Labute approximate surface area is 208 Å². The molecule has 0 saturated heterocycles. The van der Waals surface area contributed by atoms with Crippen molar-refractivity contribution in [3.63, 3.8) is 0 Å². The van der Waals surface area contributed by atoms with Gasteiger partial charge in [-0.1, -0.05) is 36.4 Å². The molecule has 0 aliphatic carbocycles. The predicted molar refractivity (Wildman–Crippen MR) is 142 cm³/mol. The number of benzene rings is 2. The fourth-order valence-electron chi connectivity index (χ4n) is 3.96. The Morgan fingerprint density at radius 2 is 1.66 bits per heavy atom. The van der Waals surface area contributed by atoms with Crippen molar-refractivity contribution < 1.29 is 12.8 Å². The SMILES string of the molecule is Cc1cc2c(NCCCc3ccc(-c4ccc(S(C)(=O)=O)cc4)cc3)nc(-c3ccoc3)nc2s1. The molecular formula is C27H25N3O3S2. The van der Waals surface area contributed by atoms with Crippen LogP contribution in [0.2, 0.25) is 0 Å². The smallest absolute Gasteiger partial charge is 0.175 e. The van der Waals surface area contributed by atoms with Crippen molar-refractivity contribution in [3.8, 4) is 22.5 Å². The van der Waals surface area contributed by atoms with Gasteiger partial charge in [-0.15, -0.1) is 11.3 Å². The number of fused-ring (bicyclic) bond motifs is 1. The Kier molecular flexibility index (Phi) is 6.40. The van der Waals surface area contributed by atoms with Gasteiger partial charge in [0.05, 0.1) is 22.1 Å². The number of nitrogens with one attached hydrogen (secondary N) is 1. The largest absolute Gasteiger partial charge is 0.472 e. The van der Waals surface area contributed by atoms with E-state index in [2.05, 4.69) is 42.6 Å². The molecule has 5 rings (SSSR count). The third kappa shape index (κ3) is 5.28. The summed E-state index contributed by atoms with van der Waals surface area (Å²) in [6, 6.07) is 19.4. The van der Waals surface area contributed by atoms with Gasteiger partial charge in [-0.2, -0.15) is 0 Å². The fourth-order valence-corrected chi connectivity index (χ4v) is 5.47. The Balaban J connectivity index is 1.22. The molecule has 3 aromatic heterocycles. The van der Waals surface area contributed by atoms with Crippen molar-refractivity contribution in [1.29, 1.82) is 0 Å². The number of hydrogen-bond donors (Lipinski definition) is 1. The first-order valence-electron chi connectivity index (χ1n) is 11.3. The van der Waals surface area contributed by atoms with Crippen molar-refractivity contribution >= 4 is 37.2 Å². The number of furan rings is 1. The van der Waals surface area contributed by atoms with E-state index in [1.165, 1.54) is 16.7 Å². The van der Waals surface area contributed by atoms with E-state index in [0.717, 1.165) is 52.1 Å². The Morgan fingerprint density at radius 3 is 2.31 bits per heavy atom. The van der Waals surface area contributed by atoms with Gasteiger partial charge in [-0.25, -0.2) is 18.4 Å². The lowest BCUT2D eigenvalue weighted by Crippen LogP contribution is -2.06. The quantitative estimate of drug-likeness (QED) is 0.248. The lowest BCUT2D eigenvalue weighted by atomic mass is 10.0. The minimum absolute atomic E-state index is 0.334. The summed E-state index contributed by atoms with van der Waals surface area (Å²) in [7, 11) is -3.18. The van der Waals surface area contributed by atoms with E-state index >= 15 is 0 Å². The number of hydrogen-bond acceptors (Lipinski definition) is 7. The highest BCUT2D eigenvalue weighted by Crippen LogP contribution is 2.31.